The number of hydrogen-bond donors (Lipinski definition) is 3. The van der Waals surface area contributed by atoms with Crippen LogP contribution in [0.1, 0.15) is 53.0 Å². The van der Waals surface area contributed by atoms with Crippen molar-refractivity contribution >= 4 is 12.1 Å². The number of ether oxygens (including phenoxy) is 1. The van der Waals surface area contributed by atoms with Gasteiger partial charge in [0.05, 0.1) is 12.6 Å². The maximum Gasteiger partial charge on any atom is 0.408 e. The van der Waals surface area contributed by atoms with Crippen LogP contribution < -0.4 is 16.0 Å². The van der Waals surface area contributed by atoms with Crippen LogP contribution in [0.15, 0.2) is 42.6 Å². The lowest BCUT2D eigenvalue weighted by molar-refractivity contribution is 0.128. The monoisotopic (exact) mass is 468 g/mol. The summed E-state index contributed by atoms with van der Waals surface area (Å²) in [7, 11) is 0. The van der Waals surface area contributed by atoms with Crippen LogP contribution in [0, 0.1) is 24.2 Å². The van der Waals surface area contributed by atoms with Crippen molar-refractivity contribution in [3.63, 3.8) is 0 Å². The molecule has 7 nitrogen and oxygen atoms in total. The van der Waals surface area contributed by atoms with Gasteiger partial charge >= 0.3 is 12.1 Å². The zero-order valence-electron chi connectivity index (χ0n) is 21.2. The van der Waals surface area contributed by atoms with Gasteiger partial charge in [0.1, 0.15) is 12.6 Å². The smallest absolute Gasteiger partial charge is 0.408 e. The maximum absolute atomic E-state index is 12.7. The fourth-order valence-electron chi connectivity index (χ4n) is 4.31. The van der Waals surface area contributed by atoms with Gasteiger partial charge in [-0.2, -0.15) is 0 Å². The molecule has 2 unspecified atom stereocenters. The van der Waals surface area contributed by atoms with Crippen molar-refractivity contribution in [2.45, 2.75) is 71.7 Å². The summed E-state index contributed by atoms with van der Waals surface area (Å²) in [5, 5.41) is 9.15. The van der Waals surface area contributed by atoms with Crippen LogP contribution in [0.4, 0.5) is 9.59 Å². The maximum atomic E-state index is 12.7. The third-order valence-electron chi connectivity index (χ3n) is 5.98. The molecule has 0 saturated carbocycles. The first-order valence-electron chi connectivity index (χ1n) is 12.0. The summed E-state index contributed by atoms with van der Waals surface area (Å²) in [4.78, 5) is 27.0. The van der Waals surface area contributed by atoms with Gasteiger partial charge in [0.25, 0.3) is 0 Å². The first kappa shape index (κ1) is 27.1. The van der Waals surface area contributed by atoms with Crippen molar-refractivity contribution in [3.05, 3.63) is 48.2 Å². The molecule has 0 aliphatic carbocycles. The highest BCUT2D eigenvalue weighted by molar-refractivity contribution is 5.75. The third-order valence-corrected chi connectivity index (χ3v) is 5.98. The molecule has 2 rings (SSSR count). The van der Waals surface area contributed by atoms with E-state index < -0.39 is 12.1 Å². The summed E-state index contributed by atoms with van der Waals surface area (Å²) < 4.78 is 5.39. The van der Waals surface area contributed by atoms with Crippen molar-refractivity contribution in [2.75, 3.05) is 13.1 Å². The fourth-order valence-corrected chi connectivity index (χ4v) is 4.31. The summed E-state index contributed by atoms with van der Waals surface area (Å²) in [6.07, 6.45) is 6.85. The molecule has 7 heteroatoms. The number of benzene rings is 1. The molecular weight excluding hydrogens is 428 g/mol. The lowest BCUT2D eigenvalue weighted by Gasteiger charge is -2.39. The standard InChI is InChI=1S/C27H40N4O3/c1-8-23(17-31-25(32)28-16-20(4)15-27(31,6)7)29-21(5)24(14-19(2)3)30-26(33)34-18-22-12-10-9-11-13-22/h1,9-13,19-20,23-24,29H,5,14-18H2,2-4,6-7H3,(H,28,32)(H,30,33)/t20?,23?,24-/m0/s1. The van der Waals surface area contributed by atoms with Gasteiger partial charge in [0.2, 0.25) is 0 Å². The highest BCUT2D eigenvalue weighted by Gasteiger charge is 2.36. The molecule has 1 aliphatic heterocycles. The van der Waals surface area contributed by atoms with Gasteiger partial charge in [-0.1, -0.05) is 63.6 Å². The second-order valence-corrected chi connectivity index (χ2v) is 10.2. The zero-order valence-corrected chi connectivity index (χ0v) is 21.2. The van der Waals surface area contributed by atoms with Crippen molar-refractivity contribution in [2.24, 2.45) is 11.8 Å². The third kappa shape index (κ3) is 8.33. The second-order valence-electron chi connectivity index (χ2n) is 10.2. The Morgan fingerprint density at radius 1 is 1.32 bits per heavy atom. The first-order valence-corrected chi connectivity index (χ1v) is 12.0. The van der Waals surface area contributed by atoms with E-state index in [1.165, 1.54) is 0 Å². The molecular formula is C27H40N4O3. The molecule has 1 heterocycles. The van der Waals surface area contributed by atoms with Gasteiger partial charge in [-0.05, 0) is 44.1 Å². The molecule has 0 spiro atoms. The predicted molar refractivity (Wildman–Crippen MR) is 136 cm³/mol. The van der Waals surface area contributed by atoms with E-state index in [1.807, 2.05) is 30.3 Å². The molecule has 3 N–H and O–H groups in total. The van der Waals surface area contributed by atoms with E-state index in [0.717, 1.165) is 12.0 Å². The minimum atomic E-state index is -0.517. The Labute approximate surface area is 204 Å². The molecule has 1 aliphatic rings. The fraction of sp³-hybridized carbons (Fsp3) is 0.556. The van der Waals surface area contributed by atoms with Crippen LogP contribution in [0.2, 0.25) is 0 Å². The number of terminal acetylenes is 1. The molecule has 186 valence electrons. The lowest BCUT2D eigenvalue weighted by atomic mass is 9.90. The predicted octanol–water partition coefficient (Wildman–Crippen LogP) is 4.26. The average Bonchev–Trinajstić information content (AvgIpc) is 2.87. The van der Waals surface area contributed by atoms with E-state index in [4.69, 9.17) is 11.2 Å². The van der Waals surface area contributed by atoms with Crippen LogP contribution in [0.3, 0.4) is 0 Å². The van der Waals surface area contributed by atoms with Gasteiger partial charge in [-0.15, -0.1) is 6.42 Å². The molecule has 0 bridgehead atoms. The second kappa shape index (κ2) is 12.4. The Bertz CT molecular complexity index is 876. The van der Waals surface area contributed by atoms with Crippen molar-refractivity contribution in [3.8, 4) is 12.3 Å². The van der Waals surface area contributed by atoms with Crippen molar-refractivity contribution < 1.29 is 14.3 Å². The summed E-state index contributed by atoms with van der Waals surface area (Å²) >= 11 is 0. The minimum absolute atomic E-state index is 0.122. The van der Waals surface area contributed by atoms with Gasteiger partial charge in [0.15, 0.2) is 0 Å². The Balaban J connectivity index is 2.02. The largest absolute Gasteiger partial charge is 0.445 e. The highest BCUT2D eigenvalue weighted by atomic mass is 16.5. The zero-order chi connectivity index (χ0) is 25.3. The van der Waals surface area contributed by atoms with E-state index in [0.29, 0.717) is 37.0 Å². The van der Waals surface area contributed by atoms with Crippen molar-refractivity contribution in [1.29, 1.82) is 0 Å². The van der Waals surface area contributed by atoms with Crippen LogP contribution in [0.5, 0.6) is 0 Å². The van der Waals surface area contributed by atoms with Gasteiger partial charge < -0.3 is 25.6 Å². The van der Waals surface area contributed by atoms with Gasteiger partial charge in [-0.3, -0.25) is 0 Å². The minimum Gasteiger partial charge on any atom is -0.445 e. The molecule has 1 saturated heterocycles. The number of nitrogens with one attached hydrogen (secondary N) is 3. The molecule has 34 heavy (non-hydrogen) atoms. The number of urea groups is 1. The summed E-state index contributed by atoms with van der Waals surface area (Å²) in [6, 6.07) is 8.57. The normalized spacial score (nSPS) is 19.3. The molecule has 3 atom stereocenters. The average molecular weight is 469 g/mol. The number of carbonyl (C=O) groups excluding carboxylic acids is 2. The topological polar surface area (TPSA) is 82.7 Å². The number of amides is 3. The number of nitrogens with zero attached hydrogens (tertiary/aromatic N) is 1. The Hall–Kier alpha value is -3.14. The van der Waals surface area contributed by atoms with E-state index >= 15 is 0 Å². The molecule has 1 aromatic carbocycles. The quantitative estimate of drug-likeness (QED) is 0.448. The number of hydrogen-bond acceptors (Lipinski definition) is 4. The van der Waals surface area contributed by atoms with Gasteiger partial charge in [-0.25, -0.2) is 9.59 Å². The lowest BCUT2D eigenvalue weighted by Crippen LogP contribution is -2.55. The SMILES string of the molecule is C#CC(CN1C(=O)NCC(C)CC1(C)C)NC(=C)[C@H](CC(C)C)NC(=O)OCc1ccccc1. The Morgan fingerprint density at radius 3 is 2.62 bits per heavy atom. The molecule has 0 aromatic heterocycles. The van der Waals surface area contributed by atoms with Crippen molar-refractivity contribution in [1.82, 2.24) is 20.9 Å². The number of alkyl carbamates (subject to hydrolysis) is 1. The highest BCUT2D eigenvalue weighted by Crippen LogP contribution is 2.26. The Morgan fingerprint density at radius 2 is 2.00 bits per heavy atom. The molecule has 3 amide bonds. The number of carbonyl (C=O) groups is 2. The first-order chi connectivity index (χ1) is 16.0. The van der Waals surface area contributed by atoms with E-state index in [-0.39, 0.29) is 24.2 Å². The van der Waals surface area contributed by atoms with E-state index in [1.54, 1.807) is 4.90 Å². The van der Waals surface area contributed by atoms with E-state index in [2.05, 4.69) is 63.1 Å². The summed E-state index contributed by atoms with van der Waals surface area (Å²) in [5.41, 5.74) is 1.17. The van der Waals surface area contributed by atoms with Crippen LogP contribution in [0.25, 0.3) is 0 Å². The molecule has 1 fully saturated rings. The van der Waals surface area contributed by atoms with E-state index in [9.17, 15) is 9.59 Å². The van der Waals surface area contributed by atoms with Crippen LogP contribution in [-0.2, 0) is 11.3 Å². The Kier molecular flexibility index (Phi) is 9.85. The summed E-state index contributed by atoms with van der Waals surface area (Å²) in [5.74, 6) is 3.42. The van der Waals surface area contributed by atoms with Gasteiger partial charge in [0, 0.05) is 17.8 Å². The summed E-state index contributed by atoms with van der Waals surface area (Å²) in [6.45, 7) is 15.7. The van der Waals surface area contributed by atoms with Crippen LogP contribution in [-0.4, -0.2) is 47.7 Å². The molecule has 0 radical (unpaired) electrons. The molecule has 1 aromatic rings. The van der Waals surface area contributed by atoms with Crippen LogP contribution >= 0.6 is 0 Å². The number of rotatable bonds is 10.